The third kappa shape index (κ3) is 5.81. The van der Waals surface area contributed by atoms with Crippen LogP contribution in [0, 0.1) is 5.82 Å². The van der Waals surface area contributed by atoms with Crippen molar-refractivity contribution in [3.63, 3.8) is 0 Å². The lowest BCUT2D eigenvalue weighted by atomic mass is 10.1. The normalized spacial score (nSPS) is 10.6. The molecule has 0 fully saturated rings. The first-order valence-electron chi connectivity index (χ1n) is 9.23. The summed E-state index contributed by atoms with van der Waals surface area (Å²) < 4.78 is 25.2. The highest BCUT2D eigenvalue weighted by atomic mass is 79.9. The number of carboxylic acid groups (broad SMARTS) is 1. The highest BCUT2D eigenvalue weighted by molar-refractivity contribution is 9.10. The van der Waals surface area contributed by atoms with E-state index in [0.29, 0.717) is 31.2 Å². The van der Waals surface area contributed by atoms with Crippen molar-refractivity contribution in [2.24, 2.45) is 0 Å². The third-order valence-corrected chi connectivity index (χ3v) is 5.03. The fraction of sp³-hybridized carbons (Fsp3) is 0.174. The van der Waals surface area contributed by atoms with Crippen molar-refractivity contribution in [3.8, 4) is 11.5 Å². The molecule has 7 heteroatoms. The molecule has 0 atom stereocenters. The summed E-state index contributed by atoms with van der Waals surface area (Å²) in [6.07, 6.45) is 0. The summed E-state index contributed by atoms with van der Waals surface area (Å²) in [6.45, 7) is 1.48. The molecule has 0 saturated heterocycles. The molecule has 0 aliphatic heterocycles. The number of aromatic carboxylic acids is 1. The molecule has 0 aliphatic rings. The Kier molecular flexibility index (Phi) is 7.43. The van der Waals surface area contributed by atoms with Crippen molar-refractivity contribution >= 4 is 21.9 Å². The lowest BCUT2D eigenvalue weighted by Gasteiger charge is -2.15. The van der Waals surface area contributed by atoms with Gasteiger partial charge in [0.2, 0.25) is 0 Å². The number of hydrogen-bond acceptors (Lipinski definition) is 4. The van der Waals surface area contributed by atoms with Crippen molar-refractivity contribution in [1.82, 2.24) is 5.32 Å². The third-order valence-electron chi connectivity index (χ3n) is 4.44. The topological polar surface area (TPSA) is 67.8 Å². The molecule has 0 unspecified atom stereocenters. The highest BCUT2D eigenvalue weighted by Crippen LogP contribution is 2.37. The summed E-state index contributed by atoms with van der Waals surface area (Å²) in [5.74, 6) is -0.0516. The number of nitrogens with one attached hydrogen (secondary N) is 1. The van der Waals surface area contributed by atoms with Crippen LogP contribution < -0.4 is 14.8 Å². The van der Waals surface area contributed by atoms with Gasteiger partial charge < -0.3 is 19.9 Å². The van der Waals surface area contributed by atoms with Gasteiger partial charge in [0.15, 0.2) is 11.5 Å². The molecule has 0 radical (unpaired) electrons. The molecule has 0 saturated carbocycles. The summed E-state index contributed by atoms with van der Waals surface area (Å²) in [5, 5.41) is 12.3. The van der Waals surface area contributed by atoms with Gasteiger partial charge in [-0.05, 0) is 69.0 Å². The number of carbonyl (C=O) groups is 1. The number of halogens is 2. The summed E-state index contributed by atoms with van der Waals surface area (Å²) >= 11 is 3.53. The minimum Gasteiger partial charge on any atom is -0.493 e. The van der Waals surface area contributed by atoms with Crippen LogP contribution in [0.15, 0.2) is 65.1 Å². The van der Waals surface area contributed by atoms with Gasteiger partial charge in [0.25, 0.3) is 0 Å². The zero-order chi connectivity index (χ0) is 21.5. The Morgan fingerprint density at radius 2 is 1.63 bits per heavy atom. The fourth-order valence-electron chi connectivity index (χ4n) is 2.87. The van der Waals surface area contributed by atoms with E-state index in [2.05, 4.69) is 21.2 Å². The van der Waals surface area contributed by atoms with Gasteiger partial charge in [0, 0.05) is 13.1 Å². The summed E-state index contributed by atoms with van der Waals surface area (Å²) in [4.78, 5) is 10.9. The van der Waals surface area contributed by atoms with Crippen LogP contribution in [0.2, 0.25) is 0 Å². The number of benzene rings is 3. The lowest BCUT2D eigenvalue weighted by Crippen LogP contribution is -2.13. The fourth-order valence-corrected chi connectivity index (χ4v) is 3.47. The average molecular weight is 474 g/mol. The second-order valence-corrected chi connectivity index (χ2v) is 7.48. The van der Waals surface area contributed by atoms with E-state index >= 15 is 0 Å². The van der Waals surface area contributed by atoms with Gasteiger partial charge in [-0.1, -0.05) is 24.3 Å². The predicted molar refractivity (Wildman–Crippen MR) is 115 cm³/mol. The molecule has 156 valence electrons. The van der Waals surface area contributed by atoms with Gasteiger partial charge in [-0.15, -0.1) is 0 Å². The van der Waals surface area contributed by atoms with E-state index in [9.17, 15) is 9.18 Å². The molecule has 3 aromatic rings. The Balaban J connectivity index is 1.61. The van der Waals surface area contributed by atoms with Gasteiger partial charge in [-0.25, -0.2) is 9.18 Å². The summed E-state index contributed by atoms with van der Waals surface area (Å²) in [5.41, 5.74) is 3.11. The van der Waals surface area contributed by atoms with Gasteiger partial charge in [0.1, 0.15) is 12.4 Å². The van der Waals surface area contributed by atoms with Crippen LogP contribution in [-0.2, 0) is 19.7 Å². The van der Waals surface area contributed by atoms with E-state index in [1.807, 2.05) is 12.1 Å². The Hall–Kier alpha value is -2.90. The van der Waals surface area contributed by atoms with Crippen molar-refractivity contribution < 1.29 is 23.8 Å². The monoisotopic (exact) mass is 473 g/mol. The van der Waals surface area contributed by atoms with E-state index < -0.39 is 5.97 Å². The Morgan fingerprint density at radius 1 is 1.00 bits per heavy atom. The Bertz CT molecular complexity index is 1010. The first-order valence-corrected chi connectivity index (χ1v) is 10.0. The molecular weight excluding hydrogens is 453 g/mol. The van der Waals surface area contributed by atoms with Gasteiger partial charge in [-0.2, -0.15) is 0 Å². The quantitative estimate of drug-likeness (QED) is 0.448. The Morgan fingerprint density at radius 3 is 2.27 bits per heavy atom. The maximum Gasteiger partial charge on any atom is 0.335 e. The number of hydrogen-bond donors (Lipinski definition) is 2. The van der Waals surface area contributed by atoms with Crippen molar-refractivity contribution in [3.05, 3.63) is 93.2 Å². The van der Waals surface area contributed by atoms with Crippen LogP contribution >= 0.6 is 15.9 Å². The molecule has 0 amide bonds. The number of carboxylic acids is 1. The number of rotatable bonds is 9. The molecule has 3 rings (SSSR count). The van der Waals surface area contributed by atoms with Gasteiger partial charge in [-0.3, -0.25) is 0 Å². The Labute approximate surface area is 182 Å². The first kappa shape index (κ1) is 21.8. The van der Waals surface area contributed by atoms with Gasteiger partial charge >= 0.3 is 5.97 Å². The molecule has 0 bridgehead atoms. The van der Waals surface area contributed by atoms with Crippen molar-refractivity contribution in [2.75, 3.05) is 7.11 Å². The van der Waals surface area contributed by atoms with Crippen LogP contribution in [0.4, 0.5) is 4.39 Å². The highest BCUT2D eigenvalue weighted by Gasteiger charge is 2.12. The summed E-state index contributed by atoms with van der Waals surface area (Å²) in [7, 11) is 1.58. The zero-order valence-electron chi connectivity index (χ0n) is 16.3. The lowest BCUT2D eigenvalue weighted by molar-refractivity contribution is 0.0697. The standard InChI is InChI=1S/C23H21BrFNO4/c1-29-21-11-17(13-26-12-15-2-6-18(7-3-15)23(27)28)10-20(24)22(21)30-14-16-4-8-19(25)9-5-16/h2-11,26H,12-14H2,1H3,(H,27,28). The average Bonchev–Trinajstić information content (AvgIpc) is 2.74. The van der Waals surface area contributed by atoms with Crippen LogP contribution in [0.3, 0.4) is 0 Å². The summed E-state index contributed by atoms with van der Waals surface area (Å²) in [6, 6.07) is 16.8. The smallest absolute Gasteiger partial charge is 0.335 e. The van der Waals surface area contributed by atoms with Gasteiger partial charge in [0.05, 0.1) is 17.1 Å². The predicted octanol–water partition coefficient (Wildman–Crippen LogP) is 5.16. The molecule has 2 N–H and O–H groups in total. The molecule has 3 aromatic carbocycles. The van der Waals surface area contributed by atoms with Crippen LogP contribution in [0.5, 0.6) is 11.5 Å². The minimum absolute atomic E-state index is 0.267. The van der Waals surface area contributed by atoms with E-state index in [0.717, 1.165) is 21.2 Å². The van der Waals surface area contributed by atoms with Crippen LogP contribution in [0.1, 0.15) is 27.0 Å². The van der Waals surface area contributed by atoms with E-state index in [4.69, 9.17) is 14.6 Å². The maximum absolute atomic E-state index is 13.0. The van der Waals surface area contributed by atoms with E-state index in [1.54, 1.807) is 43.5 Å². The minimum atomic E-state index is -0.937. The van der Waals surface area contributed by atoms with Crippen LogP contribution in [-0.4, -0.2) is 18.2 Å². The van der Waals surface area contributed by atoms with Crippen LogP contribution in [0.25, 0.3) is 0 Å². The first-order chi connectivity index (χ1) is 14.5. The largest absolute Gasteiger partial charge is 0.493 e. The maximum atomic E-state index is 13.0. The molecule has 0 aromatic heterocycles. The van der Waals surface area contributed by atoms with Crippen molar-refractivity contribution in [2.45, 2.75) is 19.7 Å². The zero-order valence-corrected chi connectivity index (χ0v) is 17.9. The molecule has 0 spiro atoms. The molecule has 30 heavy (non-hydrogen) atoms. The molecule has 0 heterocycles. The van der Waals surface area contributed by atoms with E-state index in [1.165, 1.54) is 12.1 Å². The van der Waals surface area contributed by atoms with E-state index in [-0.39, 0.29) is 11.4 Å². The number of methoxy groups -OCH3 is 1. The second-order valence-electron chi connectivity index (χ2n) is 6.63. The SMILES string of the molecule is COc1cc(CNCc2ccc(C(=O)O)cc2)cc(Br)c1OCc1ccc(F)cc1. The number of ether oxygens (including phenoxy) is 2. The van der Waals surface area contributed by atoms with Crippen molar-refractivity contribution in [1.29, 1.82) is 0 Å². The second kappa shape index (κ2) is 10.2. The molecule has 0 aliphatic carbocycles. The molecular formula is C23H21BrFNO4. The molecule has 5 nitrogen and oxygen atoms in total.